The van der Waals surface area contributed by atoms with E-state index in [1.165, 1.54) is 0 Å². The van der Waals surface area contributed by atoms with E-state index in [0.717, 1.165) is 5.56 Å². The number of hydrogen-bond acceptors (Lipinski definition) is 4. The Morgan fingerprint density at radius 3 is 2.56 bits per heavy atom. The van der Waals surface area contributed by atoms with Gasteiger partial charge in [-0.3, -0.25) is 4.79 Å². The predicted molar refractivity (Wildman–Crippen MR) is 95.5 cm³/mol. The molecule has 2 fully saturated rings. The van der Waals surface area contributed by atoms with Crippen LogP contribution < -0.4 is 0 Å². The van der Waals surface area contributed by atoms with E-state index >= 15 is 0 Å². The zero-order valence-corrected chi connectivity index (χ0v) is 15.3. The maximum absolute atomic E-state index is 12.5. The lowest BCUT2D eigenvalue weighted by Crippen LogP contribution is -2.64. The van der Waals surface area contributed by atoms with Gasteiger partial charge in [-0.15, -0.1) is 0 Å². The number of likely N-dealkylation sites (tertiary alicyclic amines) is 1. The fraction of sp³-hybridized carbons (Fsp3) is 0.632. The number of halogens is 1. The van der Waals surface area contributed by atoms with Gasteiger partial charge in [-0.1, -0.05) is 23.7 Å². The van der Waals surface area contributed by atoms with Crippen LogP contribution in [-0.4, -0.2) is 58.0 Å². The molecule has 0 aliphatic carbocycles. The smallest absolute Gasteiger partial charge is 0.222 e. The van der Waals surface area contributed by atoms with Crippen molar-refractivity contribution in [3.05, 3.63) is 34.9 Å². The van der Waals surface area contributed by atoms with Crippen LogP contribution in [0, 0.1) is 0 Å². The van der Waals surface area contributed by atoms with Crippen LogP contribution in [0.4, 0.5) is 0 Å². The first-order chi connectivity index (χ1) is 11.8. The summed E-state index contributed by atoms with van der Waals surface area (Å²) >= 11 is 5.87. The van der Waals surface area contributed by atoms with Crippen molar-refractivity contribution < 1.29 is 19.7 Å². The summed E-state index contributed by atoms with van der Waals surface area (Å²) < 4.78 is 5.86. The number of benzene rings is 1. The Kier molecular flexibility index (Phi) is 5.40. The van der Waals surface area contributed by atoms with Crippen LogP contribution in [0.25, 0.3) is 0 Å². The molecule has 5 nitrogen and oxygen atoms in total. The molecular formula is C19H26ClNO4. The topological polar surface area (TPSA) is 70.0 Å². The summed E-state index contributed by atoms with van der Waals surface area (Å²) in [5, 5.41) is 21.6. The van der Waals surface area contributed by atoms with Gasteiger partial charge in [0.2, 0.25) is 5.91 Å². The minimum Gasteiger partial charge on any atom is -0.387 e. The highest BCUT2D eigenvalue weighted by Crippen LogP contribution is 2.39. The summed E-state index contributed by atoms with van der Waals surface area (Å²) in [4.78, 5) is 14.3. The van der Waals surface area contributed by atoms with E-state index in [9.17, 15) is 15.0 Å². The van der Waals surface area contributed by atoms with Crippen LogP contribution in [-0.2, 0) is 16.0 Å². The molecule has 3 rings (SSSR count). The average Bonchev–Trinajstić information content (AvgIpc) is 2.59. The monoisotopic (exact) mass is 367 g/mol. The largest absolute Gasteiger partial charge is 0.387 e. The summed E-state index contributed by atoms with van der Waals surface area (Å²) in [6.45, 7) is 3.19. The highest BCUT2D eigenvalue weighted by atomic mass is 35.5. The molecule has 1 aromatic carbocycles. The zero-order valence-electron chi connectivity index (χ0n) is 14.6. The van der Waals surface area contributed by atoms with Gasteiger partial charge in [0, 0.05) is 31.0 Å². The fourth-order valence-electron chi connectivity index (χ4n) is 3.86. The maximum Gasteiger partial charge on any atom is 0.222 e. The van der Waals surface area contributed by atoms with Crippen LogP contribution in [0.15, 0.2) is 24.3 Å². The van der Waals surface area contributed by atoms with Crippen molar-refractivity contribution in [2.45, 2.75) is 56.3 Å². The van der Waals surface area contributed by atoms with E-state index in [1.54, 1.807) is 6.92 Å². The zero-order chi connectivity index (χ0) is 18.1. The number of rotatable bonds is 3. The molecular weight excluding hydrogens is 342 g/mol. The minimum atomic E-state index is -1.13. The van der Waals surface area contributed by atoms with Crippen LogP contribution in [0.1, 0.15) is 38.2 Å². The molecule has 138 valence electrons. The van der Waals surface area contributed by atoms with Crippen molar-refractivity contribution in [1.82, 2.24) is 4.90 Å². The van der Waals surface area contributed by atoms with Crippen molar-refractivity contribution in [3.8, 4) is 0 Å². The number of carbonyl (C=O) groups excluding carboxylic acids is 1. The molecule has 1 aromatic rings. The molecule has 0 saturated carbocycles. The van der Waals surface area contributed by atoms with Gasteiger partial charge in [0.15, 0.2) is 0 Å². The van der Waals surface area contributed by atoms with Crippen molar-refractivity contribution in [3.63, 3.8) is 0 Å². The Balaban J connectivity index is 1.53. The van der Waals surface area contributed by atoms with Crippen molar-refractivity contribution >= 4 is 17.5 Å². The fourth-order valence-corrected chi connectivity index (χ4v) is 3.98. The second-order valence-electron chi connectivity index (χ2n) is 7.43. The lowest BCUT2D eigenvalue weighted by molar-refractivity contribution is -0.245. The van der Waals surface area contributed by atoms with Gasteiger partial charge in [0.1, 0.15) is 11.7 Å². The second kappa shape index (κ2) is 7.23. The summed E-state index contributed by atoms with van der Waals surface area (Å²) in [6.07, 6.45) is 1.76. The number of carbonyl (C=O) groups is 1. The quantitative estimate of drug-likeness (QED) is 0.859. The van der Waals surface area contributed by atoms with Gasteiger partial charge >= 0.3 is 0 Å². The SMILES string of the molecule is C[C@@]1(O)CCOC2(CCN(C(=O)CCc3ccc(Cl)cc3)CC2)[C@H]1O. The second-order valence-corrected chi connectivity index (χ2v) is 7.87. The number of amides is 1. The summed E-state index contributed by atoms with van der Waals surface area (Å²) in [5.41, 5.74) is -0.762. The Labute approximate surface area is 153 Å². The van der Waals surface area contributed by atoms with Gasteiger partial charge in [0.25, 0.3) is 0 Å². The molecule has 25 heavy (non-hydrogen) atoms. The number of nitrogens with zero attached hydrogens (tertiary/aromatic N) is 1. The van der Waals surface area contributed by atoms with Gasteiger partial charge in [-0.25, -0.2) is 0 Å². The number of hydrogen-bond donors (Lipinski definition) is 2. The van der Waals surface area contributed by atoms with Crippen molar-refractivity contribution in [2.24, 2.45) is 0 Å². The van der Waals surface area contributed by atoms with E-state index in [-0.39, 0.29) is 5.91 Å². The van der Waals surface area contributed by atoms with E-state index < -0.39 is 17.3 Å². The number of aliphatic hydroxyl groups excluding tert-OH is 1. The highest BCUT2D eigenvalue weighted by molar-refractivity contribution is 6.30. The van der Waals surface area contributed by atoms with Crippen LogP contribution in [0.3, 0.4) is 0 Å². The number of ether oxygens (including phenoxy) is 1. The van der Waals surface area contributed by atoms with Gasteiger partial charge in [-0.05, 0) is 43.9 Å². The Bertz CT molecular complexity index is 608. The summed E-state index contributed by atoms with van der Waals surface area (Å²) in [5.74, 6) is 0.113. The minimum absolute atomic E-state index is 0.113. The van der Waals surface area contributed by atoms with Crippen LogP contribution in [0.2, 0.25) is 5.02 Å². The van der Waals surface area contributed by atoms with Crippen LogP contribution in [0.5, 0.6) is 0 Å². The van der Waals surface area contributed by atoms with Gasteiger partial charge in [-0.2, -0.15) is 0 Å². The molecule has 2 saturated heterocycles. The molecule has 1 amide bonds. The van der Waals surface area contributed by atoms with E-state index in [2.05, 4.69) is 0 Å². The van der Waals surface area contributed by atoms with Crippen molar-refractivity contribution in [1.29, 1.82) is 0 Å². The number of aliphatic hydroxyl groups is 2. The molecule has 0 unspecified atom stereocenters. The Morgan fingerprint density at radius 2 is 1.92 bits per heavy atom. The van der Waals surface area contributed by atoms with Crippen molar-refractivity contribution in [2.75, 3.05) is 19.7 Å². The molecule has 2 N–H and O–H groups in total. The molecule has 2 aliphatic rings. The lowest BCUT2D eigenvalue weighted by atomic mass is 9.75. The van der Waals surface area contributed by atoms with E-state index in [4.69, 9.17) is 16.3 Å². The predicted octanol–water partition coefficient (Wildman–Crippen LogP) is 2.17. The Hall–Kier alpha value is -1.14. The molecule has 1 spiro atoms. The third-order valence-corrected chi connectivity index (χ3v) is 5.84. The normalized spacial score (nSPS) is 29.0. The summed E-state index contributed by atoms with van der Waals surface area (Å²) in [6, 6.07) is 7.55. The third kappa shape index (κ3) is 4.00. The number of aryl methyl sites for hydroxylation is 1. The first-order valence-corrected chi connectivity index (χ1v) is 9.27. The highest BCUT2D eigenvalue weighted by Gasteiger charge is 2.52. The average molecular weight is 368 g/mol. The third-order valence-electron chi connectivity index (χ3n) is 5.59. The first-order valence-electron chi connectivity index (χ1n) is 8.89. The molecule has 2 aliphatic heterocycles. The number of piperidine rings is 1. The van der Waals surface area contributed by atoms with E-state index in [0.29, 0.717) is 56.8 Å². The standard InChI is InChI=1S/C19H26ClNO4/c1-18(24)10-13-25-19(17(18)23)8-11-21(12-9-19)16(22)7-4-14-2-5-15(20)6-3-14/h2-3,5-6,17,23-24H,4,7-13H2,1H3/t17-,18+/m0/s1. The first kappa shape index (κ1) is 18.6. The molecule has 2 heterocycles. The van der Waals surface area contributed by atoms with Crippen LogP contribution >= 0.6 is 11.6 Å². The lowest BCUT2D eigenvalue weighted by Gasteiger charge is -2.51. The molecule has 0 aromatic heterocycles. The van der Waals surface area contributed by atoms with E-state index in [1.807, 2.05) is 29.2 Å². The Morgan fingerprint density at radius 1 is 1.28 bits per heavy atom. The molecule has 0 radical (unpaired) electrons. The molecule has 2 atom stereocenters. The summed E-state index contributed by atoms with van der Waals surface area (Å²) in [7, 11) is 0. The molecule has 6 heteroatoms. The maximum atomic E-state index is 12.5. The van der Waals surface area contributed by atoms with Gasteiger partial charge < -0.3 is 19.8 Å². The molecule has 0 bridgehead atoms. The van der Waals surface area contributed by atoms with Gasteiger partial charge in [0.05, 0.1) is 12.2 Å².